The van der Waals surface area contributed by atoms with Crippen LogP contribution in [-0.4, -0.2) is 18.2 Å². The van der Waals surface area contributed by atoms with E-state index in [-0.39, 0.29) is 10.7 Å². The second kappa shape index (κ2) is 7.03. The van der Waals surface area contributed by atoms with Gasteiger partial charge in [-0.1, -0.05) is 29.3 Å². The fraction of sp³-hybridized carbons (Fsp3) is 0.0625. The summed E-state index contributed by atoms with van der Waals surface area (Å²) >= 11 is 12.0. The van der Waals surface area contributed by atoms with E-state index in [0.29, 0.717) is 16.6 Å². The largest absolute Gasteiger partial charge is 0.266 e. The molecular weight excluding hydrogens is 388 g/mol. The molecule has 0 unspecified atom stereocenters. The Kier molecular flexibility index (Phi) is 4.99. The maximum Gasteiger partial charge on any atom is 0.263 e. The Bertz CT molecular complexity index is 1000. The number of hydrogen-bond donors (Lipinski definition) is 1. The van der Waals surface area contributed by atoms with Crippen LogP contribution in [0.2, 0.25) is 10.0 Å². The smallest absolute Gasteiger partial charge is 0.263 e. The average Bonchev–Trinajstić information content (AvgIpc) is 2.97. The fourth-order valence-electron chi connectivity index (χ4n) is 2.14. The monoisotopic (exact) mass is 399 g/mol. The van der Waals surface area contributed by atoms with E-state index < -0.39 is 15.8 Å². The molecule has 0 radical (unpaired) electrons. The van der Waals surface area contributed by atoms with Crippen molar-refractivity contribution in [3.63, 3.8) is 0 Å². The molecule has 1 N–H and O–H groups in total. The van der Waals surface area contributed by atoms with Gasteiger partial charge in [-0.05, 0) is 42.0 Å². The third kappa shape index (κ3) is 4.31. The molecular formula is C16H12Cl2FN3O2S. The zero-order valence-corrected chi connectivity index (χ0v) is 15.0. The summed E-state index contributed by atoms with van der Waals surface area (Å²) in [6, 6.07) is 11.2. The Hall–Kier alpha value is -2.09. The lowest BCUT2D eigenvalue weighted by atomic mass is 10.2. The molecule has 0 aliphatic carbocycles. The zero-order valence-electron chi connectivity index (χ0n) is 12.7. The highest BCUT2D eigenvalue weighted by molar-refractivity contribution is 7.92. The molecule has 0 amide bonds. The summed E-state index contributed by atoms with van der Waals surface area (Å²) in [4.78, 5) is -0.0517. The third-order valence-electron chi connectivity index (χ3n) is 3.35. The van der Waals surface area contributed by atoms with Crippen molar-refractivity contribution in [1.82, 2.24) is 9.78 Å². The molecule has 0 aliphatic rings. The normalized spacial score (nSPS) is 11.5. The van der Waals surface area contributed by atoms with Crippen LogP contribution in [-0.2, 0) is 16.6 Å². The SMILES string of the molecule is O=S(=O)(Nc1ccn(Cc2ccc(Cl)cc2Cl)n1)c1ccc(F)cc1. The van der Waals surface area contributed by atoms with E-state index in [1.54, 1.807) is 24.4 Å². The molecule has 0 fully saturated rings. The number of sulfonamides is 1. The van der Waals surface area contributed by atoms with Crippen LogP contribution in [0, 0.1) is 5.82 Å². The molecule has 5 nitrogen and oxygen atoms in total. The molecule has 3 rings (SSSR count). The predicted octanol–water partition coefficient (Wildman–Crippen LogP) is 4.18. The van der Waals surface area contributed by atoms with Crippen molar-refractivity contribution in [2.75, 3.05) is 4.72 Å². The minimum atomic E-state index is -3.84. The Labute approximate surface area is 154 Å². The third-order valence-corrected chi connectivity index (χ3v) is 5.31. The van der Waals surface area contributed by atoms with Gasteiger partial charge in [0.25, 0.3) is 10.0 Å². The van der Waals surface area contributed by atoms with E-state index in [0.717, 1.165) is 17.7 Å². The first-order chi connectivity index (χ1) is 11.8. The molecule has 0 spiro atoms. The average molecular weight is 400 g/mol. The highest BCUT2D eigenvalue weighted by Crippen LogP contribution is 2.22. The Morgan fingerprint density at radius 1 is 1.08 bits per heavy atom. The van der Waals surface area contributed by atoms with Gasteiger partial charge in [0.15, 0.2) is 5.82 Å². The molecule has 0 bridgehead atoms. The first kappa shape index (κ1) is 17.7. The van der Waals surface area contributed by atoms with Crippen molar-refractivity contribution < 1.29 is 12.8 Å². The number of nitrogens with zero attached hydrogens (tertiary/aromatic N) is 2. The standard InChI is InChI=1S/C16H12Cl2FN3O2S/c17-12-2-1-11(15(18)9-12)10-22-8-7-16(20-22)21-25(23,24)14-5-3-13(19)4-6-14/h1-9H,10H2,(H,20,21). The van der Waals surface area contributed by atoms with Gasteiger partial charge >= 0.3 is 0 Å². The van der Waals surface area contributed by atoms with Crippen LogP contribution in [0.4, 0.5) is 10.2 Å². The first-order valence-electron chi connectivity index (χ1n) is 7.09. The molecule has 2 aromatic carbocycles. The van der Waals surface area contributed by atoms with E-state index in [1.165, 1.54) is 22.9 Å². The number of hydrogen-bond acceptors (Lipinski definition) is 3. The van der Waals surface area contributed by atoms with Crippen molar-refractivity contribution in [2.45, 2.75) is 11.4 Å². The van der Waals surface area contributed by atoms with Gasteiger partial charge in [-0.3, -0.25) is 9.40 Å². The fourth-order valence-corrected chi connectivity index (χ4v) is 3.60. The molecule has 0 saturated carbocycles. The van der Waals surface area contributed by atoms with E-state index in [4.69, 9.17) is 23.2 Å². The summed E-state index contributed by atoms with van der Waals surface area (Å²) in [6.45, 7) is 0.355. The Balaban J connectivity index is 1.76. The number of anilines is 1. The van der Waals surface area contributed by atoms with Crippen molar-refractivity contribution in [2.24, 2.45) is 0 Å². The van der Waals surface area contributed by atoms with Crippen LogP contribution < -0.4 is 4.72 Å². The van der Waals surface area contributed by atoms with Crippen LogP contribution in [0.15, 0.2) is 59.6 Å². The van der Waals surface area contributed by atoms with Crippen molar-refractivity contribution >= 4 is 39.0 Å². The highest BCUT2D eigenvalue weighted by Gasteiger charge is 2.15. The van der Waals surface area contributed by atoms with Gasteiger partial charge < -0.3 is 0 Å². The zero-order chi connectivity index (χ0) is 18.0. The van der Waals surface area contributed by atoms with E-state index >= 15 is 0 Å². The topological polar surface area (TPSA) is 64.0 Å². The van der Waals surface area contributed by atoms with Gasteiger partial charge in [0.2, 0.25) is 0 Å². The summed E-state index contributed by atoms with van der Waals surface area (Å²) < 4.78 is 41.3. The minimum absolute atomic E-state index is 0.0517. The van der Waals surface area contributed by atoms with Gasteiger partial charge in [0.1, 0.15) is 5.82 Å². The number of aromatic nitrogens is 2. The molecule has 130 valence electrons. The van der Waals surface area contributed by atoms with Gasteiger partial charge in [0.05, 0.1) is 11.4 Å². The predicted molar refractivity (Wildman–Crippen MR) is 95.0 cm³/mol. The number of benzene rings is 2. The summed E-state index contributed by atoms with van der Waals surface area (Å²) in [5.74, 6) is -0.363. The van der Waals surface area contributed by atoms with Crippen molar-refractivity contribution in [3.05, 3.63) is 76.2 Å². The van der Waals surface area contributed by atoms with Crippen molar-refractivity contribution in [3.8, 4) is 0 Å². The molecule has 0 atom stereocenters. The van der Waals surface area contributed by atoms with E-state index in [1.807, 2.05) is 0 Å². The van der Waals surface area contributed by atoms with Crippen LogP contribution in [0.5, 0.6) is 0 Å². The van der Waals surface area contributed by atoms with Gasteiger partial charge in [0, 0.05) is 22.3 Å². The van der Waals surface area contributed by atoms with Crippen LogP contribution >= 0.6 is 23.2 Å². The number of rotatable bonds is 5. The quantitative estimate of drug-likeness (QED) is 0.699. The molecule has 25 heavy (non-hydrogen) atoms. The maximum absolute atomic E-state index is 12.9. The second-order valence-corrected chi connectivity index (χ2v) is 7.72. The summed E-state index contributed by atoms with van der Waals surface area (Å²) in [5, 5.41) is 5.18. The second-order valence-electron chi connectivity index (χ2n) is 5.19. The van der Waals surface area contributed by atoms with E-state index in [9.17, 15) is 12.8 Å². The Morgan fingerprint density at radius 2 is 1.80 bits per heavy atom. The molecule has 3 aromatic rings. The summed E-state index contributed by atoms with van der Waals surface area (Å²) in [6.07, 6.45) is 1.62. The first-order valence-corrected chi connectivity index (χ1v) is 9.33. The van der Waals surface area contributed by atoms with Gasteiger partial charge in [-0.25, -0.2) is 12.8 Å². The number of nitrogens with one attached hydrogen (secondary N) is 1. The molecule has 9 heteroatoms. The van der Waals surface area contributed by atoms with Crippen LogP contribution in [0.1, 0.15) is 5.56 Å². The molecule has 1 aromatic heterocycles. The molecule has 0 aliphatic heterocycles. The Morgan fingerprint density at radius 3 is 2.48 bits per heavy atom. The van der Waals surface area contributed by atoms with Crippen molar-refractivity contribution in [1.29, 1.82) is 0 Å². The summed E-state index contributed by atoms with van der Waals surface area (Å²) in [7, 11) is -3.84. The summed E-state index contributed by atoms with van der Waals surface area (Å²) in [5.41, 5.74) is 0.794. The number of halogens is 3. The van der Waals surface area contributed by atoms with Crippen LogP contribution in [0.3, 0.4) is 0 Å². The lowest BCUT2D eigenvalue weighted by molar-refractivity contribution is 0.599. The highest BCUT2D eigenvalue weighted by atomic mass is 35.5. The molecule has 1 heterocycles. The minimum Gasteiger partial charge on any atom is -0.266 e. The lowest BCUT2D eigenvalue weighted by Gasteiger charge is -2.06. The molecule has 0 saturated heterocycles. The maximum atomic E-state index is 12.9. The lowest BCUT2D eigenvalue weighted by Crippen LogP contribution is -2.13. The van der Waals surface area contributed by atoms with E-state index in [2.05, 4.69) is 9.82 Å². The van der Waals surface area contributed by atoms with Gasteiger partial charge in [-0.15, -0.1) is 0 Å². The van der Waals surface area contributed by atoms with Gasteiger partial charge in [-0.2, -0.15) is 5.10 Å². The van der Waals surface area contributed by atoms with Crippen LogP contribution in [0.25, 0.3) is 0 Å².